The lowest BCUT2D eigenvalue weighted by atomic mass is 10.1. The van der Waals surface area contributed by atoms with Crippen molar-refractivity contribution in [1.82, 2.24) is 10.3 Å². The molecule has 9 heteroatoms. The van der Waals surface area contributed by atoms with Crippen molar-refractivity contribution in [3.8, 4) is 0 Å². The lowest BCUT2D eigenvalue weighted by Crippen LogP contribution is -2.37. The zero-order valence-corrected chi connectivity index (χ0v) is 17.2. The van der Waals surface area contributed by atoms with Crippen LogP contribution >= 0.6 is 11.8 Å². The Bertz CT molecular complexity index is 732. The van der Waals surface area contributed by atoms with Gasteiger partial charge in [-0.1, -0.05) is 6.92 Å². The molecule has 7 nitrogen and oxygen atoms in total. The summed E-state index contributed by atoms with van der Waals surface area (Å²) >= 11 is 1.54. The number of ether oxygens (including phenoxy) is 1. The van der Waals surface area contributed by atoms with Crippen LogP contribution in [0.3, 0.4) is 0 Å². The molecule has 0 radical (unpaired) electrons. The predicted octanol–water partition coefficient (Wildman–Crippen LogP) is 1.50. The Hall–Kier alpha value is -1.32. The molecular formula is C17H27N3O4S2. The van der Waals surface area contributed by atoms with Crippen molar-refractivity contribution in [2.75, 3.05) is 55.5 Å². The Balaban J connectivity index is 2.14. The van der Waals surface area contributed by atoms with E-state index in [9.17, 15) is 13.2 Å². The summed E-state index contributed by atoms with van der Waals surface area (Å²) in [5, 5.41) is 3.54. The molecule has 26 heavy (non-hydrogen) atoms. The van der Waals surface area contributed by atoms with E-state index in [1.54, 1.807) is 11.8 Å². The summed E-state index contributed by atoms with van der Waals surface area (Å²) in [6.45, 7) is 7.21. The number of hydrogen-bond donors (Lipinski definition) is 1. The lowest BCUT2D eigenvalue weighted by Gasteiger charge is -2.28. The van der Waals surface area contributed by atoms with Crippen molar-refractivity contribution in [3.63, 3.8) is 0 Å². The van der Waals surface area contributed by atoms with Crippen LogP contribution in [0, 0.1) is 6.92 Å². The Labute approximate surface area is 159 Å². The number of amides is 1. The van der Waals surface area contributed by atoms with Crippen molar-refractivity contribution >= 4 is 33.3 Å². The number of carbonyl (C=O) groups is 1. The van der Waals surface area contributed by atoms with Crippen molar-refractivity contribution in [2.24, 2.45) is 0 Å². The minimum atomic E-state index is -3.01. The highest BCUT2D eigenvalue weighted by atomic mass is 32.2. The van der Waals surface area contributed by atoms with E-state index in [2.05, 4.69) is 10.2 Å². The fourth-order valence-electron chi connectivity index (χ4n) is 2.72. The number of pyridine rings is 1. The summed E-state index contributed by atoms with van der Waals surface area (Å²) < 4.78 is 27.8. The van der Waals surface area contributed by atoms with Gasteiger partial charge in [0, 0.05) is 25.9 Å². The van der Waals surface area contributed by atoms with E-state index < -0.39 is 9.84 Å². The molecule has 0 aliphatic carbocycles. The van der Waals surface area contributed by atoms with Crippen LogP contribution in [0.15, 0.2) is 11.1 Å². The maximum atomic E-state index is 12.6. The first kappa shape index (κ1) is 21.0. The molecule has 1 fully saturated rings. The van der Waals surface area contributed by atoms with Gasteiger partial charge in [0.25, 0.3) is 5.91 Å². The number of nitrogens with zero attached hydrogens (tertiary/aromatic N) is 2. The fraction of sp³-hybridized carbons (Fsp3) is 0.647. The van der Waals surface area contributed by atoms with Crippen LogP contribution in [0.5, 0.6) is 0 Å². The quantitative estimate of drug-likeness (QED) is 0.522. The van der Waals surface area contributed by atoms with E-state index in [0.717, 1.165) is 35.2 Å². The molecule has 1 aliphatic heterocycles. The molecular weight excluding hydrogens is 374 g/mol. The highest BCUT2D eigenvalue weighted by Gasteiger charge is 2.20. The Morgan fingerprint density at radius 3 is 2.69 bits per heavy atom. The van der Waals surface area contributed by atoms with Gasteiger partial charge in [-0.3, -0.25) is 4.79 Å². The van der Waals surface area contributed by atoms with Gasteiger partial charge < -0.3 is 15.0 Å². The number of anilines is 1. The molecule has 1 N–H and O–H groups in total. The highest BCUT2D eigenvalue weighted by molar-refractivity contribution is 7.99. The maximum absolute atomic E-state index is 12.6. The van der Waals surface area contributed by atoms with E-state index >= 15 is 0 Å². The molecule has 1 aromatic rings. The number of morpholine rings is 1. The van der Waals surface area contributed by atoms with Crippen LogP contribution in [0.1, 0.15) is 29.3 Å². The first-order valence-corrected chi connectivity index (χ1v) is 11.8. The maximum Gasteiger partial charge on any atom is 0.254 e. The normalized spacial score (nSPS) is 15.1. The second kappa shape index (κ2) is 9.57. The summed E-state index contributed by atoms with van der Waals surface area (Å²) in [6, 6.07) is 1.94. The SMILES string of the molecule is CCSc1nc(N2CCOCC2)cc(C)c1C(=O)NCCCS(C)(=O)=O. The molecule has 0 atom stereocenters. The van der Waals surface area contributed by atoms with Crippen LogP contribution in [0.4, 0.5) is 5.82 Å². The number of carbonyl (C=O) groups excluding carboxylic acids is 1. The summed E-state index contributed by atoms with van der Waals surface area (Å²) in [6.07, 6.45) is 1.60. The monoisotopic (exact) mass is 401 g/mol. The van der Waals surface area contributed by atoms with E-state index in [1.165, 1.54) is 6.26 Å². The molecule has 0 aromatic carbocycles. The van der Waals surface area contributed by atoms with E-state index in [4.69, 9.17) is 9.72 Å². The van der Waals surface area contributed by atoms with Gasteiger partial charge in [-0.15, -0.1) is 11.8 Å². The Morgan fingerprint density at radius 1 is 1.38 bits per heavy atom. The number of rotatable bonds is 8. The molecule has 146 valence electrons. The van der Waals surface area contributed by atoms with Crippen LogP contribution in [-0.2, 0) is 14.6 Å². The molecule has 0 saturated carbocycles. The molecule has 1 aromatic heterocycles. The molecule has 1 saturated heterocycles. The van der Waals surface area contributed by atoms with Gasteiger partial charge in [0.2, 0.25) is 0 Å². The number of thioether (sulfide) groups is 1. The van der Waals surface area contributed by atoms with Crippen molar-refractivity contribution in [3.05, 3.63) is 17.2 Å². The zero-order chi connectivity index (χ0) is 19.2. The van der Waals surface area contributed by atoms with Crippen molar-refractivity contribution < 1.29 is 17.9 Å². The summed E-state index contributed by atoms with van der Waals surface area (Å²) in [5.74, 6) is 1.55. The molecule has 0 spiro atoms. The third kappa shape index (κ3) is 6.14. The average Bonchev–Trinajstić information content (AvgIpc) is 2.58. The number of aryl methyl sites for hydroxylation is 1. The predicted molar refractivity (Wildman–Crippen MR) is 105 cm³/mol. The number of sulfone groups is 1. The molecule has 0 unspecified atom stereocenters. The van der Waals surface area contributed by atoms with Crippen LogP contribution in [0.2, 0.25) is 0 Å². The van der Waals surface area contributed by atoms with Gasteiger partial charge in [-0.25, -0.2) is 13.4 Å². The lowest BCUT2D eigenvalue weighted by molar-refractivity contribution is 0.0949. The first-order valence-electron chi connectivity index (χ1n) is 8.75. The number of nitrogens with one attached hydrogen (secondary N) is 1. The van der Waals surface area contributed by atoms with Crippen LogP contribution in [0.25, 0.3) is 0 Å². The molecule has 1 amide bonds. The Kier molecular flexibility index (Phi) is 7.72. The smallest absolute Gasteiger partial charge is 0.254 e. The average molecular weight is 402 g/mol. The van der Waals surface area contributed by atoms with E-state index in [-0.39, 0.29) is 11.7 Å². The second-order valence-electron chi connectivity index (χ2n) is 6.25. The zero-order valence-electron chi connectivity index (χ0n) is 15.6. The van der Waals surface area contributed by atoms with Crippen molar-refractivity contribution in [2.45, 2.75) is 25.3 Å². The largest absolute Gasteiger partial charge is 0.378 e. The summed E-state index contributed by atoms with van der Waals surface area (Å²) in [7, 11) is -3.01. The first-order chi connectivity index (χ1) is 12.3. The van der Waals surface area contributed by atoms with Gasteiger partial charge in [-0.2, -0.15) is 0 Å². The molecule has 2 rings (SSSR count). The minimum absolute atomic E-state index is 0.0665. The van der Waals surface area contributed by atoms with Gasteiger partial charge in [-0.05, 0) is 30.7 Å². The van der Waals surface area contributed by atoms with Gasteiger partial charge in [0.15, 0.2) is 0 Å². The fourth-order valence-corrected chi connectivity index (χ4v) is 4.22. The number of hydrogen-bond acceptors (Lipinski definition) is 7. The molecule has 2 heterocycles. The third-order valence-electron chi connectivity index (χ3n) is 3.99. The molecule has 1 aliphatic rings. The van der Waals surface area contributed by atoms with E-state index in [0.29, 0.717) is 31.7 Å². The Morgan fingerprint density at radius 2 is 2.08 bits per heavy atom. The van der Waals surface area contributed by atoms with Crippen LogP contribution in [-0.4, -0.2) is 69.9 Å². The molecule has 0 bridgehead atoms. The van der Waals surface area contributed by atoms with Gasteiger partial charge >= 0.3 is 0 Å². The topological polar surface area (TPSA) is 88.6 Å². The van der Waals surface area contributed by atoms with Crippen molar-refractivity contribution in [1.29, 1.82) is 0 Å². The number of aromatic nitrogens is 1. The highest BCUT2D eigenvalue weighted by Crippen LogP contribution is 2.27. The summed E-state index contributed by atoms with van der Waals surface area (Å²) in [5.41, 5.74) is 1.45. The van der Waals surface area contributed by atoms with Gasteiger partial charge in [0.1, 0.15) is 20.7 Å². The standard InChI is InChI=1S/C17H27N3O4S2/c1-4-25-17-15(16(21)18-6-5-11-26(3,22)23)13(2)12-14(19-17)20-7-9-24-10-8-20/h12H,4-11H2,1-3H3,(H,18,21). The van der Waals surface area contributed by atoms with Gasteiger partial charge in [0.05, 0.1) is 24.5 Å². The third-order valence-corrected chi connectivity index (χ3v) is 5.88. The minimum Gasteiger partial charge on any atom is -0.378 e. The second-order valence-corrected chi connectivity index (χ2v) is 9.76. The van der Waals surface area contributed by atoms with E-state index in [1.807, 2.05) is 19.9 Å². The summed E-state index contributed by atoms with van der Waals surface area (Å²) in [4.78, 5) is 19.5. The van der Waals surface area contributed by atoms with Crippen LogP contribution < -0.4 is 10.2 Å².